The van der Waals surface area contributed by atoms with Gasteiger partial charge in [-0.15, -0.1) is 0 Å². The van der Waals surface area contributed by atoms with Crippen molar-refractivity contribution in [2.24, 2.45) is 5.92 Å². The fourth-order valence-corrected chi connectivity index (χ4v) is 4.16. The van der Waals surface area contributed by atoms with E-state index < -0.39 is 9.84 Å². The molecule has 0 aromatic heterocycles. The van der Waals surface area contributed by atoms with Crippen molar-refractivity contribution in [2.45, 2.75) is 58.0 Å². The van der Waals surface area contributed by atoms with Gasteiger partial charge in [-0.1, -0.05) is 20.3 Å². The Balaban J connectivity index is 1.99. The minimum absolute atomic E-state index is 0.195. The SMILES string of the molecule is CCCC1CNC(C)(C2CC2)CN1CCS(=O)(=O)CC. The van der Waals surface area contributed by atoms with Gasteiger partial charge in [0.15, 0.2) is 9.84 Å². The molecule has 5 heteroatoms. The van der Waals surface area contributed by atoms with Crippen LogP contribution >= 0.6 is 0 Å². The summed E-state index contributed by atoms with van der Waals surface area (Å²) in [5.74, 6) is 1.36. The van der Waals surface area contributed by atoms with Crippen molar-refractivity contribution >= 4 is 9.84 Å². The molecule has 2 atom stereocenters. The van der Waals surface area contributed by atoms with Crippen LogP contribution in [0.3, 0.4) is 0 Å². The molecule has 1 heterocycles. The van der Waals surface area contributed by atoms with E-state index in [0.717, 1.165) is 31.8 Å². The molecular formula is C15H30N2O2S. The highest BCUT2D eigenvalue weighted by Crippen LogP contribution is 2.41. The quantitative estimate of drug-likeness (QED) is 0.777. The Morgan fingerprint density at radius 1 is 1.30 bits per heavy atom. The number of hydrogen-bond acceptors (Lipinski definition) is 4. The number of hydrogen-bond donors (Lipinski definition) is 1. The van der Waals surface area contributed by atoms with Crippen molar-refractivity contribution in [1.82, 2.24) is 10.2 Å². The molecule has 2 aliphatic rings. The number of piperazine rings is 1. The summed E-state index contributed by atoms with van der Waals surface area (Å²) in [6.07, 6.45) is 4.95. The van der Waals surface area contributed by atoms with Crippen LogP contribution in [0.15, 0.2) is 0 Å². The van der Waals surface area contributed by atoms with E-state index in [9.17, 15) is 8.42 Å². The lowest BCUT2D eigenvalue weighted by Gasteiger charge is -2.47. The first-order valence-electron chi connectivity index (χ1n) is 8.09. The molecule has 0 aromatic carbocycles. The van der Waals surface area contributed by atoms with E-state index in [1.807, 2.05) is 0 Å². The van der Waals surface area contributed by atoms with Gasteiger partial charge >= 0.3 is 0 Å². The van der Waals surface area contributed by atoms with Crippen LogP contribution in [0.1, 0.15) is 46.5 Å². The van der Waals surface area contributed by atoms with Crippen LogP contribution < -0.4 is 5.32 Å². The summed E-state index contributed by atoms with van der Waals surface area (Å²) in [7, 11) is -2.86. The molecular weight excluding hydrogens is 272 g/mol. The van der Waals surface area contributed by atoms with Crippen molar-refractivity contribution in [2.75, 3.05) is 31.1 Å². The molecule has 1 N–H and O–H groups in total. The average Bonchev–Trinajstić information content (AvgIpc) is 3.24. The molecule has 0 spiro atoms. The summed E-state index contributed by atoms with van der Waals surface area (Å²) in [5.41, 5.74) is 0.195. The molecule has 1 saturated heterocycles. The number of nitrogens with one attached hydrogen (secondary N) is 1. The second-order valence-electron chi connectivity index (χ2n) is 6.72. The molecule has 1 aliphatic carbocycles. The Morgan fingerprint density at radius 2 is 2.00 bits per heavy atom. The summed E-state index contributed by atoms with van der Waals surface area (Å²) in [4.78, 5) is 2.44. The van der Waals surface area contributed by atoms with E-state index in [-0.39, 0.29) is 11.3 Å². The predicted octanol–water partition coefficient (Wildman–Crippen LogP) is 1.66. The standard InChI is InChI=1S/C15H30N2O2S/c1-4-6-14-11-16-15(3,13-7-8-13)12-17(14)9-10-20(18,19)5-2/h13-14,16H,4-12H2,1-3H3. The number of sulfone groups is 1. The molecule has 2 fully saturated rings. The molecule has 0 bridgehead atoms. The van der Waals surface area contributed by atoms with Gasteiger partial charge in [0, 0.05) is 37.0 Å². The monoisotopic (exact) mass is 302 g/mol. The predicted molar refractivity (Wildman–Crippen MR) is 83.7 cm³/mol. The second kappa shape index (κ2) is 6.32. The molecule has 2 unspecified atom stereocenters. The first-order chi connectivity index (χ1) is 9.40. The zero-order valence-corrected chi connectivity index (χ0v) is 14.0. The van der Waals surface area contributed by atoms with Crippen LogP contribution in [0.4, 0.5) is 0 Å². The van der Waals surface area contributed by atoms with Gasteiger partial charge in [0.1, 0.15) is 0 Å². The molecule has 2 rings (SSSR count). The van der Waals surface area contributed by atoms with E-state index in [1.54, 1.807) is 6.92 Å². The average molecular weight is 302 g/mol. The minimum atomic E-state index is -2.86. The summed E-state index contributed by atoms with van der Waals surface area (Å²) >= 11 is 0. The van der Waals surface area contributed by atoms with E-state index in [0.29, 0.717) is 18.3 Å². The number of rotatable bonds is 7. The lowest BCUT2D eigenvalue weighted by atomic mass is 9.90. The highest BCUT2D eigenvalue weighted by Gasteiger charge is 2.45. The smallest absolute Gasteiger partial charge is 0.151 e. The maximum Gasteiger partial charge on any atom is 0.151 e. The van der Waals surface area contributed by atoms with Crippen LogP contribution in [0, 0.1) is 5.92 Å². The van der Waals surface area contributed by atoms with Gasteiger partial charge in [-0.2, -0.15) is 0 Å². The second-order valence-corrected chi connectivity index (χ2v) is 9.19. The topological polar surface area (TPSA) is 49.4 Å². The van der Waals surface area contributed by atoms with Crippen LogP contribution in [-0.4, -0.2) is 56.0 Å². The van der Waals surface area contributed by atoms with Gasteiger partial charge in [0.2, 0.25) is 0 Å². The van der Waals surface area contributed by atoms with Gasteiger partial charge in [-0.3, -0.25) is 4.90 Å². The van der Waals surface area contributed by atoms with Crippen LogP contribution in [-0.2, 0) is 9.84 Å². The maximum atomic E-state index is 11.8. The Bertz CT molecular complexity index is 420. The van der Waals surface area contributed by atoms with Gasteiger partial charge in [-0.05, 0) is 32.1 Å². The highest BCUT2D eigenvalue weighted by atomic mass is 32.2. The zero-order chi connectivity index (χ0) is 14.8. The van der Waals surface area contributed by atoms with Crippen molar-refractivity contribution < 1.29 is 8.42 Å². The van der Waals surface area contributed by atoms with Gasteiger partial charge in [0.25, 0.3) is 0 Å². The Kier molecular flexibility index (Phi) is 5.14. The van der Waals surface area contributed by atoms with Gasteiger partial charge in [-0.25, -0.2) is 8.42 Å². The Labute approximate surface area is 124 Å². The van der Waals surface area contributed by atoms with E-state index in [4.69, 9.17) is 0 Å². The largest absolute Gasteiger partial charge is 0.308 e. The highest BCUT2D eigenvalue weighted by molar-refractivity contribution is 7.91. The molecule has 1 saturated carbocycles. The number of nitrogens with zero attached hydrogens (tertiary/aromatic N) is 1. The molecule has 20 heavy (non-hydrogen) atoms. The Hall–Kier alpha value is -0.130. The first kappa shape index (κ1) is 16.2. The summed E-state index contributed by atoms with van der Waals surface area (Å²) in [6, 6.07) is 0.499. The maximum absolute atomic E-state index is 11.8. The van der Waals surface area contributed by atoms with Crippen LogP contribution in [0.25, 0.3) is 0 Å². The first-order valence-corrected chi connectivity index (χ1v) is 9.92. The molecule has 118 valence electrons. The third-order valence-corrected chi connectivity index (χ3v) is 6.70. The van der Waals surface area contributed by atoms with Crippen molar-refractivity contribution in [3.05, 3.63) is 0 Å². The van der Waals surface area contributed by atoms with Crippen molar-refractivity contribution in [3.8, 4) is 0 Å². The van der Waals surface area contributed by atoms with Crippen LogP contribution in [0.5, 0.6) is 0 Å². The third kappa shape index (κ3) is 3.95. The Morgan fingerprint density at radius 3 is 2.55 bits per heavy atom. The fourth-order valence-electron chi connectivity index (χ4n) is 3.36. The van der Waals surface area contributed by atoms with Gasteiger partial charge < -0.3 is 5.32 Å². The summed E-state index contributed by atoms with van der Waals surface area (Å²) in [6.45, 7) is 8.97. The lowest BCUT2D eigenvalue weighted by Crippen LogP contribution is -2.64. The molecule has 0 radical (unpaired) electrons. The normalized spacial score (nSPS) is 32.5. The molecule has 0 amide bonds. The molecule has 1 aliphatic heterocycles. The summed E-state index contributed by atoms with van der Waals surface area (Å²) in [5, 5.41) is 3.74. The molecule has 4 nitrogen and oxygen atoms in total. The van der Waals surface area contributed by atoms with Crippen molar-refractivity contribution in [3.63, 3.8) is 0 Å². The zero-order valence-electron chi connectivity index (χ0n) is 13.2. The van der Waals surface area contributed by atoms with Gasteiger partial charge in [0.05, 0.1) is 5.75 Å². The third-order valence-electron chi connectivity index (χ3n) is 5.02. The van der Waals surface area contributed by atoms with Crippen molar-refractivity contribution in [1.29, 1.82) is 0 Å². The molecule has 0 aromatic rings. The van der Waals surface area contributed by atoms with E-state index in [1.165, 1.54) is 12.8 Å². The van der Waals surface area contributed by atoms with E-state index in [2.05, 4.69) is 24.1 Å². The summed E-state index contributed by atoms with van der Waals surface area (Å²) < 4.78 is 23.5. The minimum Gasteiger partial charge on any atom is -0.308 e. The lowest BCUT2D eigenvalue weighted by molar-refractivity contribution is 0.0756. The van der Waals surface area contributed by atoms with Crippen LogP contribution in [0.2, 0.25) is 0 Å². The fraction of sp³-hybridized carbons (Fsp3) is 1.00. The van der Waals surface area contributed by atoms with E-state index >= 15 is 0 Å².